The second-order valence-corrected chi connectivity index (χ2v) is 31.9. The number of hydrogen-bond donors (Lipinski definition) is 3. The Morgan fingerprint density at radius 3 is 1.70 bits per heavy atom. The van der Waals surface area contributed by atoms with E-state index in [4.69, 9.17) is 18.7 Å². The van der Waals surface area contributed by atoms with Gasteiger partial charge in [0.05, 0.1) is 46.8 Å². The highest BCUT2D eigenvalue weighted by Crippen LogP contribution is 2.51. The number of nitrogens with one attached hydrogen (secondary N) is 2. The highest BCUT2D eigenvalue weighted by molar-refractivity contribution is 7.99. The molecule has 0 fully saturated rings. The summed E-state index contributed by atoms with van der Waals surface area (Å²) in [5.74, 6) is -2.58. The molecule has 22 nitrogen and oxygen atoms in total. The fourth-order valence-corrected chi connectivity index (χ4v) is 17.6. The van der Waals surface area contributed by atoms with Crippen molar-refractivity contribution < 1.29 is 66.9 Å². The van der Waals surface area contributed by atoms with Crippen molar-refractivity contribution in [2.75, 3.05) is 75.0 Å². The Kier molecular flexibility index (Phi) is 24.1. The molecule has 2 amide bonds. The van der Waals surface area contributed by atoms with Gasteiger partial charge >= 0.3 is 11.8 Å². The lowest BCUT2D eigenvalue weighted by molar-refractivity contribution is -0.637. The van der Waals surface area contributed by atoms with Crippen LogP contribution in [0.25, 0.3) is 67.2 Å². The van der Waals surface area contributed by atoms with E-state index in [1.807, 2.05) is 156 Å². The van der Waals surface area contributed by atoms with Crippen LogP contribution in [0, 0.1) is 0 Å². The first-order valence-electron chi connectivity index (χ1n) is 38.3. The number of ether oxygens (including phenoxy) is 1. The van der Waals surface area contributed by atoms with Crippen LogP contribution in [0.2, 0.25) is 0 Å². The number of anilines is 4. The lowest BCUT2D eigenvalue weighted by Crippen LogP contribution is -2.49. The average molecular weight is 1610 g/mol. The fourth-order valence-electron chi connectivity index (χ4n) is 16.5. The zero-order chi connectivity index (χ0) is 83.4. The average Bonchev–Trinajstić information content (AvgIpc) is 0.699. The molecule has 0 radical (unpaired) electrons. The molecule has 15 rings (SSSR count). The number of aromatic nitrogens is 3. The van der Waals surface area contributed by atoms with Crippen LogP contribution in [0.3, 0.4) is 0 Å². The summed E-state index contributed by atoms with van der Waals surface area (Å²) in [5, 5.41) is 46.6. The number of carboxylic acids is 2. The summed E-state index contributed by atoms with van der Waals surface area (Å²) >= 11 is 1.43. The fraction of sp³-hybridized carbons (Fsp3) is 0.229. The number of nitrogens with zero attached hydrogens (tertiary/aromatic N) is 8. The first-order valence-corrected chi connectivity index (χ1v) is 39.1. The van der Waals surface area contributed by atoms with Gasteiger partial charge in [-0.1, -0.05) is 69.1 Å². The third kappa shape index (κ3) is 16.0. The standard InChI is InChI=1S/C93H86N10O10S.CO2.2CH4/c1-15-102-73-48-77-70(46-68(73)54(3)50-92(102,5)6)80(71-47-69-55(4)51-93(7,8)103(16-2)74(69)49-78(71)112-77)81-82(91(110)111)83(99-39-33-59(34-40-99)96(9)10)85(101-43-37-61(38-44-101)98(13)14)87(84(81)100-41-35-60(36-42-100)97(11)12)114-63-28-25-58(26-29-63)88(106)94-52-56-21-23-57(24-22-56)89(107)95-53-72-75(105)32-31-67-79(64-19-17-18-20-65(64)90(108)109)66-30-27-62(104)45-76(66)113-86(67)72;2-1-3;;/h17-51H,15-16,52-53H2,1-14H3,(H-4,94,95,104,105,106,107,108,109,110,111);;2*1H4/p+2. The van der Waals surface area contributed by atoms with Gasteiger partial charge < -0.3 is 64.3 Å². The van der Waals surface area contributed by atoms with Crippen molar-refractivity contribution in [2.45, 2.75) is 104 Å². The van der Waals surface area contributed by atoms with E-state index in [1.165, 1.54) is 36.0 Å². The molecule has 10 aromatic rings. The summed E-state index contributed by atoms with van der Waals surface area (Å²) in [6.07, 6.45) is 16.5. The molecule has 0 saturated heterocycles. The van der Waals surface area contributed by atoms with Crippen LogP contribution in [0.1, 0.15) is 145 Å². The molecule has 5 aliphatic rings. The van der Waals surface area contributed by atoms with Gasteiger partial charge in [0.15, 0.2) is 53.0 Å². The summed E-state index contributed by atoms with van der Waals surface area (Å²) in [4.78, 5) is 96.1. The van der Waals surface area contributed by atoms with Gasteiger partial charge in [0.25, 0.3) is 17.5 Å². The predicted molar refractivity (Wildman–Crippen MR) is 461 cm³/mol. The van der Waals surface area contributed by atoms with E-state index >= 15 is 9.90 Å². The van der Waals surface area contributed by atoms with Crippen molar-refractivity contribution in [1.29, 1.82) is 0 Å². The molecule has 606 valence electrons. The topological polar surface area (TPSA) is 260 Å². The molecule has 3 aromatic heterocycles. The summed E-state index contributed by atoms with van der Waals surface area (Å²) < 4.78 is 22.0. The Morgan fingerprint density at radius 2 is 1.13 bits per heavy atom. The van der Waals surface area contributed by atoms with Gasteiger partial charge in [-0.15, -0.1) is 0 Å². The van der Waals surface area contributed by atoms with E-state index in [2.05, 4.69) is 112 Å². The Hall–Kier alpha value is -13.8. The van der Waals surface area contributed by atoms with Crippen LogP contribution in [-0.2, 0) is 22.7 Å². The zero-order valence-corrected chi connectivity index (χ0v) is 68.3. The number of likely N-dealkylation sites (N-methyl/N-ethyl adjacent to an activating group) is 2. The SMILES string of the molecule is C.C.CCN1c2cc3c(cc2C(C)=CC1(C)C)C(c1c(C(=O)[O-])c(-[n+]2ccc(N(C)C)cc2)c(-[n+]2ccc(N(C)C)cc2)c(Sc2ccc(C(=O)NCc4ccc(C(=O)NCc5c6oc7cc(O)ccc7c(-c7ccccc7C(=O)[O-])c-6ccc5=O)cc4)cc2)c1-[n+]1ccc(N(C)C)cc1)=c1cc2c(cc1O3)=[N+](CC)C(C)(C)C=C2C.O=C=O. The molecule has 0 unspecified atom stereocenters. The van der Waals surface area contributed by atoms with Crippen LogP contribution >= 0.6 is 11.8 Å². The second-order valence-electron chi connectivity index (χ2n) is 30.8. The van der Waals surface area contributed by atoms with E-state index in [9.17, 15) is 29.4 Å². The van der Waals surface area contributed by atoms with E-state index < -0.39 is 23.3 Å². The Morgan fingerprint density at radius 1 is 0.580 bits per heavy atom. The van der Waals surface area contributed by atoms with Crippen molar-refractivity contribution in [3.05, 3.63) is 290 Å². The number of fused-ring (bicyclic) bond motifs is 6. The molecule has 0 saturated carbocycles. The van der Waals surface area contributed by atoms with Gasteiger partial charge in [-0.05, 0) is 143 Å². The molecule has 3 N–H and O–H groups in total. The van der Waals surface area contributed by atoms with Gasteiger partial charge in [0.2, 0.25) is 11.0 Å². The molecule has 0 bridgehead atoms. The number of benzene rings is 8. The van der Waals surface area contributed by atoms with Gasteiger partial charge in [0, 0.05) is 206 Å². The van der Waals surface area contributed by atoms with Crippen LogP contribution in [0.15, 0.2) is 232 Å². The van der Waals surface area contributed by atoms with Gasteiger partial charge in [-0.2, -0.15) is 23.3 Å². The van der Waals surface area contributed by atoms with E-state index in [1.54, 1.807) is 66.7 Å². The Bertz CT molecular complexity index is 6320. The highest BCUT2D eigenvalue weighted by Gasteiger charge is 2.45. The third-order valence-corrected chi connectivity index (χ3v) is 23.0. The summed E-state index contributed by atoms with van der Waals surface area (Å²) in [7, 11) is 11.8. The van der Waals surface area contributed by atoms with Crippen molar-refractivity contribution in [3.63, 3.8) is 0 Å². The number of amides is 2. The molecule has 4 aliphatic heterocycles. The quantitative estimate of drug-likeness (QED) is 0.0473. The third-order valence-electron chi connectivity index (χ3n) is 21.9. The zero-order valence-electron chi connectivity index (χ0n) is 67.5. The van der Waals surface area contributed by atoms with Crippen molar-refractivity contribution >= 4 is 92.1 Å². The van der Waals surface area contributed by atoms with Gasteiger partial charge in [-0.25, -0.2) is 4.58 Å². The monoisotopic (exact) mass is 1610 g/mol. The molecule has 23 heteroatoms. The molecule has 119 heavy (non-hydrogen) atoms. The lowest BCUT2D eigenvalue weighted by atomic mass is 9.82. The molecule has 7 heterocycles. The van der Waals surface area contributed by atoms with Gasteiger partial charge in [-0.3, -0.25) is 14.4 Å². The largest absolute Gasteiger partial charge is 0.545 e. The minimum absolute atomic E-state index is 0. The molecular formula is C96H96N10O12S+2. The van der Waals surface area contributed by atoms with Crippen LogP contribution in [-0.4, -0.2) is 101 Å². The number of allylic oxidation sites excluding steroid dienone is 2. The maximum absolute atomic E-state index is 15.6. The molecule has 1 aliphatic carbocycles. The number of carbonyl (C=O) groups is 4. The number of phenolic OH excluding ortho intramolecular Hbond substituents is 1. The van der Waals surface area contributed by atoms with Crippen molar-refractivity contribution in [2.24, 2.45) is 0 Å². The van der Waals surface area contributed by atoms with Crippen molar-refractivity contribution in [3.8, 4) is 56.8 Å². The highest BCUT2D eigenvalue weighted by atomic mass is 32.2. The minimum Gasteiger partial charge on any atom is -0.545 e. The number of hydrogen-bond acceptors (Lipinski definition) is 17. The molecule has 0 atom stereocenters. The van der Waals surface area contributed by atoms with E-state index in [0.717, 1.165) is 55.3 Å². The molecule has 7 aromatic carbocycles. The Balaban J connectivity index is 0.00000256. The Labute approximate surface area is 695 Å². The first kappa shape index (κ1) is 84.6. The smallest absolute Gasteiger partial charge is 0.373 e. The summed E-state index contributed by atoms with van der Waals surface area (Å²) in [6.45, 7) is 18.7. The normalized spacial score (nSPS) is 13.2. The summed E-state index contributed by atoms with van der Waals surface area (Å²) in [6, 6.07) is 48.3. The lowest BCUT2D eigenvalue weighted by Gasteiger charge is -2.43. The number of rotatable bonds is 20. The first-order chi connectivity index (χ1) is 55.9. The maximum Gasteiger partial charge on any atom is 0.373 e. The van der Waals surface area contributed by atoms with Crippen LogP contribution in [0.5, 0.6) is 17.2 Å². The molecule has 0 spiro atoms. The second kappa shape index (κ2) is 33.8. The number of pyridine rings is 3. The maximum atomic E-state index is 15.6. The van der Waals surface area contributed by atoms with E-state index in [0.29, 0.717) is 102 Å². The number of carbonyl (C=O) groups excluding carboxylic acids is 6. The van der Waals surface area contributed by atoms with Crippen LogP contribution < -0.4 is 79.5 Å². The predicted octanol–water partition coefficient (Wildman–Crippen LogP) is 11.8. The van der Waals surface area contributed by atoms with Gasteiger partial charge in [0.1, 0.15) is 35.1 Å². The number of aromatic hydroxyl groups is 1. The van der Waals surface area contributed by atoms with E-state index in [-0.39, 0.29) is 90.4 Å². The van der Waals surface area contributed by atoms with Crippen molar-refractivity contribution in [1.82, 2.24) is 15.2 Å². The number of phenols is 1. The number of carboxylic acid groups (broad SMARTS) is 2. The summed E-state index contributed by atoms with van der Waals surface area (Å²) in [5.41, 5.74) is 12.3. The molecular weight excluding hydrogens is 1520 g/mol. The van der Waals surface area contributed by atoms with Crippen LogP contribution in [0.4, 0.5) is 22.7 Å². The minimum atomic E-state index is -1.42. The number of aromatic carboxylic acids is 2.